The summed E-state index contributed by atoms with van der Waals surface area (Å²) in [5.41, 5.74) is 12.4. The van der Waals surface area contributed by atoms with Crippen LogP contribution in [0.5, 0.6) is 0 Å². The third kappa shape index (κ3) is 18.8. The van der Waals surface area contributed by atoms with Crippen molar-refractivity contribution in [1.29, 1.82) is 0 Å². The lowest BCUT2D eigenvalue weighted by Gasteiger charge is -2.31. The molecule has 1 saturated carbocycles. The number of aryl methyl sites for hydroxylation is 6. The Morgan fingerprint density at radius 3 is 1.22 bits per heavy atom. The first kappa shape index (κ1) is 68.6. The third-order valence-corrected chi connectivity index (χ3v) is 17.1. The van der Waals surface area contributed by atoms with E-state index in [9.17, 15) is 28.8 Å². The van der Waals surface area contributed by atoms with Gasteiger partial charge in [-0.05, 0) is 233 Å². The molecule has 18 nitrogen and oxygen atoms in total. The van der Waals surface area contributed by atoms with Gasteiger partial charge in [-0.15, -0.1) is 0 Å². The van der Waals surface area contributed by atoms with E-state index in [4.69, 9.17) is 18.9 Å². The van der Waals surface area contributed by atoms with Gasteiger partial charge in [0.15, 0.2) is 0 Å². The molecule has 95 heavy (non-hydrogen) atoms. The predicted octanol–water partition coefficient (Wildman–Crippen LogP) is 17.1. The van der Waals surface area contributed by atoms with Gasteiger partial charge in [0, 0.05) is 33.7 Å². The van der Waals surface area contributed by atoms with Crippen LogP contribution in [0.1, 0.15) is 144 Å². The van der Waals surface area contributed by atoms with Gasteiger partial charge in [-0.3, -0.25) is 49.9 Å². The van der Waals surface area contributed by atoms with Crippen molar-refractivity contribution in [2.45, 2.75) is 175 Å². The lowest BCUT2D eigenvalue weighted by atomic mass is 9.98. The number of carbonyl (C=O) groups excluding carboxylic acids is 6. The van der Waals surface area contributed by atoms with Gasteiger partial charge in [-0.2, -0.15) is 0 Å². The smallest absolute Gasteiger partial charge is 0.412 e. The van der Waals surface area contributed by atoms with Gasteiger partial charge in [-0.1, -0.05) is 98.5 Å². The van der Waals surface area contributed by atoms with Crippen molar-refractivity contribution in [3.63, 3.8) is 0 Å². The van der Waals surface area contributed by atoms with E-state index in [0.29, 0.717) is 23.6 Å². The van der Waals surface area contributed by atoms with Gasteiger partial charge in [0.05, 0.1) is 52.9 Å². The highest BCUT2D eigenvalue weighted by Crippen LogP contribution is 2.42. The minimum atomic E-state index is -0.590. The van der Waals surface area contributed by atoms with Crippen molar-refractivity contribution in [3.05, 3.63) is 185 Å². The zero-order valence-corrected chi connectivity index (χ0v) is 56.3. The number of ether oxygens (including phenoxy) is 4. The molecule has 4 aliphatic heterocycles. The number of hydrogen-bond donors (Lipinski definition) is 3. The number of piperidine rings is 1. The number of hydrogen-bond acceptors (Lipinski definition) is 11. The molecule has 506 valence electrons. The summed E-state index contributed by atoms with van der Waals surface area (Å²) < 4.78 is 23.9. The quantitative estimate of drug-likeness (QED) is 0.104. The van der Waals surface area contributed by atoms with Crippen molar-refractivity contribution in [3.8, 4) is 0 Å². The Morgan fingerprint density at radius 2 is 0.811 bits per heavy atom. The van der Waals surface area contributed by atoms with Crippen LogP contribution in [-0.4, -0.2) is 95.1 Å². The molecule has 0 unspecified atom stereocenters. The number of anilines is 9. The van der Waals surface area contributed by atoms with E-state index in [1.54, 1.807) is 23.6 Å². The highest BCUT2D eigenvalue weighted by atomic mass is 16.6. The number of rotatable bonds is 11. The molecule has 0 spiro atoms. The standard InChI is InChI=1S/C26H33N3O3.C26H32N2O4.C25H27N3O3.3H2/c1-26(2,3)32-25(31)27-21-14-13-20-12-11-19-9-5-6-10-22(19)29(23(20)17-21)24(30)18-28-15-7-4-8-16-28;1-18(2)32-26(30)27-21-15-14-20-13-12-19-8-6-7-11-23(19)28(24(20)16-21)25(29)17-31-22-9-4-3-5-10-22;1-25(2,3)31-24(30)26-20-13-12-19-11-10-18-8-4-5-9-21(18)28(22(19)16-20)23(29)17-27-14-6-7-15-27;;;/h5-6,9-10,13-14,17H,4,7-8,11-12,15-16,18H2,1-3H3,(H,27,31);6-8,11,14-16,18,22H,3-5,9-10,12-13,17H2,1-2H3,(H,27,30);4-9,12-16H,10-11,17H2,1-3H3,(H,26,30);3*1H. The molecule has 12 rings (SSSR count). The Hall–Kier alpha value is -9.26. The summed E-state index contributed by atoms with van der Waals surface area (Å²) in [6, 6.07) is 45.1. The maximum atomic E-state index is 13.6. The second-order valence-corrected chi connectivity index (χ2v) is 27.2. The average molecular weight is 1300 g/mol. The van der Waals surface area contributed by atoms with Crippen molar-refractivity contribution >= 4 is 87.2 Å². The summed E-state index contributed by atoms with van der Waals surface area (Å²) in [6.07, 6.45) is 16.3. The zero-order valence-electron chi connectivity index (χ0n) is 56.3. The molecule has 2 fully saturated rings. The largest absolute Gasteiger partial charge is 0.447 e. The molecule has 5 heterocycles. The first-order chi connectivity index (χ1) is 45.6. The molecule has 7 aromatic rings. The molecule has 1 aromatic heterocycles. The minimum absolute atomic E-state index is 0. The average Bonchev–Trinajstić information content (AvgIpc) is 1.57. The van der Waals surface area contributed by atoms with Gasteiger partial charge in [0.25, 0.3) is 11.8 Å². The maximum absolute atomic E-state index is 13.6. The number of aromatic nitrogens is 1. The number of fused-ring (bicyclic) bond motifs is 6. The van der Waals surface area contributed by atoms with Crippen LogP contribution in [0, 0.1) is 0 Å². The molecule has 0 atom stereocenters. The van der Waals surface area contributed by atoms with Gasteiger partial charge >= 0.3 is 18.3 Å². The Balaban J connectivity index is 0.000000204. The van der Waals surface area contributed by atoms with Gasteiger partial charge in [0.1, 0.15) is 24.4 Å². The molecule has 0 bridgehead atoms. The SMILES string of the molecule is CC(C)(C)OC(=O)Nc1ccc2c(c1)N(C(=O)CN1CCCCC1)c1ccccc1CC2.CC(C)(C)OC(=O)Nc1ccc2c(c1)N(C(=O)Cn1cccc1)c1ccccc1CC2.CC(C)OC(=O)Nc1ccc2c(c1)N(C(=O)COC1CCCCC1)c1ccccc1CC2.[HH].[HH].[HH]. The summed E-state index contributed by atoms with van der Waals surface area (Å²) in [6.45, 7) is 17.2. The summed E-state index contributed by atoms with van der Waals surface area (Å²) >= 11 is 0. The molecule has 1 saturated heterocycles. The minimum Gasteiger partial charge on any atom is -0.447 e. The summed E-state index contributed by atoms with van der Waals surface area (Å²) in [7, 11) is 0. The second-order valence-electron chi connectivity index (χ2n) is 27.2. The van der Waals surface area contributed by atoms with Crippen LogP contribution < -0.4 is 30.7 Å². The van der Waals surface area contributed by atoms with Crippen LogP contribution in [0.3, 0.4) is 0 Å². The lowest BCUT2D eigenvalue weighted by molar-refractivity contribution is -0.125. The van der Waals surface area contributed by atoms with Crippen LogP contribution in [0.2, 0.25) is 0 Å². The molecule has 1 aliphatic carbocycles. The maximum Gasteiger partial charge on any atom is 0.412 e. The van der Waals surface area contributed by atoms with Crippen molar-refractivity contribution < 1.29 is 52.0 Å². The van der Waals surface area contributed by atoms with E-state index < -0.39 is 29.5 Å². The lowest BCUT2D eigenvalue weighted by Crippen LogP contribution is -2.40. The van der Waals surface area contributed by atoms with Crippen LogP contribution in [0.4, 0.5) is 65.6 Å². The topological polar surface area (TPSA) is 193 Å². The van der Waals surface area contributed by atoms with E-state index in [1.807, 2.05) is 185 Å². The molecule has 5 aliphatic rings. The molecule has 0 radical (unpaired) electrons. The summed E-state index contributed by atoms with van der Waals surface area (Å²) in [5.74, 6) is -0.0637. The van der Waals surface area contributed by atoms with Crippen molar-refractivity contribution in [2.24, 2.45) is 0 Å². The monoisotopic (exact) mass is 1290 g/mol. The molecule has 18 heteroatoms. The summed E-state index contributed by atoms with van der Waals surface area (Å²) in [5, 5.41) is 8.40. The van der Waals surface area contributed by atoms with E-state index >= 15 is 0 Å². The number of nitrogens with zero attached hydrogens (tertiary/aromatic N) is 5. The first-order valence-electron chi connectivity index (χ1n) is 33.6. The molecular formula is C77H98N8O10. The van der Waals surface area contributed by atoms with Crippen LogP contribution in [-0.2, 0) is 78.4 Å². The number of benzene rings is 6. The Kier molecular flexibility index (Phi) is 22.6. The number of para-hydroxylation sites is 3. The predicted molar refractivity (Wildman–Crippen MR) is 381 cm³/mol. The molecule has 3 N–H and O–H groups in total. The fraction of sp³-hybridized carbons (Fsp3) is 0.403. The van der Waals surface area contributed by atoms with Crippen molar-refractivity contribution in [1.82, 2.24) is 9.47 Å². The third-order valence-electron chi connectivity index (χ3n) is 17.1. The number of nitrogens with one attached hydrogen (secondary N) is 3. The fourth-order valence-electron chi connectivity index (χ4n) is 12.8. The highest BCUT2D eigenvalue weighted by Gasteiger charge is 2.32. The Morgan fingerprint density at radius 1 is 0.442 bits per heavy atom. The van der Waals surface area contributed by atoms with Gasteiger partial charge in [-0.25, -0.2) is 14.4 Å². The summed E-state index contributed by atoms with van der Waals surface area (Å²) in [4.78, 5) is 84.9. The number of carbonyl (C=O) groups is 6. The van der Waals surface area contributed by atoms with E-state index in [2.05, 4.69) is 39.0 Å². The molecular weight excluding hydrogens is 1200 g/mol. The van der Waals surface area contributed by atoms with Crippen LogP contribution in [0.25, 0.3) is 0 Å². The first-order valence-corrected chi connectivity index (χ1v) is 33.6. The Labute approximate surface area is 563 Å². The molecule has 6 amide bonds. The Bertz CT molecular complexity index is 3860. The van der Waals surface area contributed by atoms with Crippen LogP contribution >= 0.6 is 0 Å². The highest BCUT2D eigenvalue weighted by molar-refractivity contribution is 6.06. The van der Waals surface area contributed by atoms with E-state index in [0.717, 1.165) is 158 Å². The van der Waals surface area contributed by atoms with Crippen molar-refractivity contribution in [2.75, 3.05) is 56.9 Å². The number of amides is 6. The zero-order chi connectivity index (χ0) is 67.2. The van der Waals surface area contributed by atoms with Crippen LogP contribution in [0.15, 0.2) is 152 Å². The van der Waals surface area contributed by atoms with E-state index in [-0.39, 0.29) is 47.4 Å². The number of likely N-dealkylation sites (tertiary alicyclic amines) is 1. The van der Waals surface area contributed by atoms with E-state index in [1.165, 1.54) is 12.8 Å². The molecule has 6 aromatic carbocycles. The van der Waals surface area contributed by atoms with Gasteiger partial charge in [0.2, 0.25) is 5.91 Å². The normalized spacial score (nSPS) is 15.3. The fourth-order valence-corrected chi connectivity index (χ4v) is 12.8. The van der Waals surface area contributed by atoms with Gasteiger partial charge < -0.3 is 23.5 Å². The second kappa shape index (κ2) is 31.3.